The van der Waals surface area contributed by atoms with E-state index >= 15 is 0 Å². The Hall–Kier alpha value is -1.46. The first-order valence-corrected chi connectivity index (χ1v) is 6.83. The van der Waals surface area contributed by atoms with Gasteiger partial charge in [-0.15, -0.1) is 0 Å². The van der Waals surface area contributed by atoms with Crippen molar-refractivity contribution >= 4 is 5.97 Å². The quantitative estimate of drug-likeness (QED) is 0.900. The van der Waals surface area contributed by atoms with Gasteiger partial charge in [0.1, 0.15) is 5.82 Å². The summed E-state index contributed by atoms with van der Waals surface area (Å²) in [6, 6.07) is 3.85. The molecular weight excluding hydrogens is 261 g/mol. The lowest BCUT2D eigenvalue weighted by atomic mass is 9.97. The molecule has 1 N–H and O–H groups in total. The summed E-state index contributed by atoms with van der Waals surface area (Å²) in [7, 11) is 1.71. The van der Waals surface area contributed by atoms with Crippen LogP contribution in [0.4, 0.5) is 4.39 Å². The van der Waals surface area contributed by atoms with Crippen LogP contribution in [0.2, 0.25) is 0 Å². The van der Waals surface area contributed by atoms with Gasteiger partial charge in [0, 0.05) is 20.3 Å². The molecule has 0 radical (unpaired) electrons. The molecule has 110 valence electrons. The number of methoxy groups -OCH3 is 1. The molecule has 0 amide bonds. The maximum atomic E-state index is 13.3. The number of likely N-dealkylation sites (tertiary alicyclic amines) is 1. The van der Waals surface area contributed by atoms with Crippen LogP contribution >= 0.6 is 0 Å². The van der Waals surface area contributed by atoms with Crippen LogP contribution in [-0.4, -0.2) is 42.8 Å². The average Bonchev–Trinajstić information content (AvgIpc) is 2.41. The molecule has 1 aliphatic heterocycles. The van der Waals surface area contributed by atoms with Crippen LogP contribution in [0.25, 0.3) is 0 Å². The molecule has 2 rings (SSSR count). The van der Waals surface area contributed by atoms with Gasteiger partial charge in [0.15, 0.2) is 0 Å². The highest BCUT2D eigenvalue weighted by Crippen LogP contribution is 2.21. The molecule has 1 aromatic rings. The Bertz CT molecular complexity index is 470. The molecule has 0 spiro atoms. The minimum atomic E-state index is -1.01. The third-order valence-electron chi connectivity index (χ3n) is 3.80. The van der Waals surface area contributed by atoms with Crippen LogP contribution in [0.5, 0.6) is 0 Å². The molecule has 0 bridgehead atoms. The molecule has 0 saturated carbocycles. The Morgan fingerprint density at radius 2 is 2.15 bits per heavy atom. The number of ether oxygens (including phenoxy) is 1. The zero-order valence-electron chi connectivity index (χ0n) is 11.6. The normalized spacial score (nSPS) is 17.3. The molecule has 20 heavy (non-hydrogen) atoms. The van der Waals surface area contributed by atoms with Crippen LogP contribution in [0.1, 0.15) is 28.8 Å². The Labute approximate surface area is 118 Å². The first-order valence-electron chi connectivity index (χ1n) is 6.83. The predicted octanol–water partition coefficient (Wildman–Crippen LogP) is 2.38. The summed E-state index contributed by atoms with van der Waals surface area (Å²) >= 11 is 0. The second-order valence-corrected chi connectivity index (χ2v) is 5.28. The van der Waals surface area contributed by atoms with Crippen molar-refractivity contribution in [1.29, 1.82) is 0 Å². The second kappa shape index (κ2) is 6.81. The van der Waals surface area contributed by atoms with Gasteiger partial charge in [0.25, 0.3) is 0 Å². The molecule has 1 aliphatic rings. The van der Waals surface area contributed by atoms with E-state index in [1.807, 2.05) is 0 Å². The number of carboxylic acid groups (broad SMARTS) is 1. The monoisotopic (exact) mass is 281 g/mol. The fraction of sp³-hybridized carbons (Fsp3) is 0.533. The van der Waals surface area contributed by atoms with E-state index in [2.05, 4.69) is 4.90 Å². The van der Waals surface area contributed by atoms with Crippen molar-refractivity contribution in [2.75, 3.05) is 26.8 Å². The number of carboxylic acids is 1. The molecule has 0 aromatic heterocycles. The lowest BCUT2D eigenvalue weighted by Crippen LogP contribution is -2.35. The number of nitrogens with zero attached hydrogens (tertiary/aromatic N) is 1. The number of piperidine rings is 1. The van der Waals surface area contributed by atoms with Gasteiger partial charge in [-0.1, -0.05) is 0 Å². The van der Waals surface area contributed by atoms with Gasteiger partial charge in [-0.3, -0.25) is 4.90 Å². The molecule has 5 heteroatoms. The second-order valence-electron chi connectivity index (χ2n) is 5.28. The largest absolute Gasteiger partial charge is 0.478 e. The van der Waals surface area contributed by atoms with E-state index in [-0.39, 0.29) is 11.4 Å². The smallest absolute Gasteiger partial charge is 0.336 e. The van der Waals surface area contributed by atoms with Crippen molar-refractivity contribution in [2.45, 2.75) is 19.4 Å². The number of rotatable bonds is 5. The van der Waals surface area contributed by atoms with Gasteiger partial charge in [-0.2, -0.15) is 0 Å². The number of benzene rings is 1. The lowest BCUT2D eigenvalue weighted by Gasteiger charge is -2.31. The SMILES string of the molecule is COCC1CCN(Cc2cc(F)ccc2C(=O)O)CC1. The summed E-state index contributed by atoms with van der Waals surface area (Å²) in [6.07, 6.45) is 2.07. The van der Waals surface area contributed by atoms with Crippen LogP contribution in [0, 0.1) is 11.7 Å². The fourth-order valence-corrected chi connectivity index (χ4v) is 2.69. The summed E-state index contributed by atoms with van der Waals surface area (Å²) in [5, 5.41) is 9.14. The standard InChI is InChI=1S/C15H20FNO3/c1-20-10-11-4-6-17(7-5-11)9-12-8-13(16)2-3-14(12)15(18)19/h2-3,8,11H,4-7,9-10H2,1H3,(H,18,19). The molecule has 1 aromatic carbocycles. The molecule has 0 unspecified atom stereocenters. The van der Waals surface area contributed by atoms with Crippen molar-refractivity contribution in [1.82, 2.24) is 4.90 Å². The zero-order chi connectivity index (χ0) is 14.5. The van der Waals surface area contributed by atoms with E-state index in [9.17, 15) is 9.18 Å². The summed E-state index contributed by atoms with van der Waals surface area (Å²) in [6.45, 7) is 3.04. The maximum Gasteiger partial charge on any atom is 0.336 e. The lowest BCUT2D eigenvalue weighted by molar-refractivity contribution is 0.0692. The molecule has 4 nitrogen and oxygen atoms in total. The van der Waals surface area contributed by atoms with Crippen LogP contribution in [-0.2, 0) is 11.3 Å². The van der Waals surface area contributed by atoms with Crippen molar-refractivity contribution < 1.29 is 19.0 Å². The molecule has 0 atom stereocenters. The van der Waals surface area contributed by atoms with Gasteiger partial charge in [0.05, 0.1) is 5.56 Å². The van der Waals surface area contributed by atoms with Crippen LogP contribution in [0.3, 0.4) is 0 Å². The highest BCUT2D eigenvalue weighted by Gasteiger charge is 2.21. The highest BCUT2D eigenvalue weighted by atomic mass is 19.1. The molecule has 1 saturated heterocycles. The molecular formula is C15H20FNO3. The summed E-state index contributed by atoms with van der Waals surface area (Å²) in [4.78, 5) is 13.3. The van der Waals surface area contributed by atoms with Gasteiger partial charge in [-0.05, 0) is 55.6 Å². The highest BCUT2D eigenvalue weighted by molar-refractivity contribution is 5.89. The number of hydrogen-bond donors (Lipinski definition) is 1. The third-order valence-corrected chi connectivity index (χ3v) is 3.80. The summed E-state index contributed by atoms with van der Waals surface area (Å²) in [5.74, 6) is -0.823. The van der Waals surface area contributed by atoms with Gasteiger partial charge < -0.3 is 9.84 Å². The number of halogens is 1. The first kappa shape index (κ1) is 14.9. The Morgan fingerprint density at radius 1 is 1.45 bits per heavy atom. The van der Waals surface area contributed by atoms with Crippen molar-refractivity contribution in [2.24, 2.45) is 5.92 Å². The minimum absolute atomic E-state index is 0.186. The van der Waals surface area contributed by atoms with Gasteiger partial charge in [0.2, 0.25) is 0 Å². The Morgan fingerprint density at radius 3 is 2.75 bits per heavy atom. The average molecular weight is 281 g/mol. The third kappa shape index (κ3) is 3.77. The van der Waals surface area contributed by atoms with E-state index in [4.69, 9.17) is 9.84 Å². The molecule has 0 aliphatic carbocycles. The van der Waals surface area contributed by atoms with Gasteiger partial charge in [-0.25, -0.2) is 9.18 Å². The molecule has 1 fully saturated rings. The molecule has 1 heterocycles. The Kier molecular flexibility index (Phi) is 5.09. The van der Waals surface area contributed by atoms with Crippen molar-refractivity contribution in [3.63, 3.8) is 0 Å². The minimum Gasteiger partial charge on any atom is -0.478 e. The number of carbonyl (C=O) groups is 1. The van der Waals surface area contributed by atoms with Gasteiger partial charge >= 0.3 is 5.97 Å². The van der Waals surface area contributed by atoms with E-state index in [0.29, 0.717) is 18.0 Å². The number of hydrogen-bond acceptors (Lipinski definition) is 3. The fourth-order valence-electron chi connectivity index (χ4n) is 2.69. The van der Waals surface area contributed by atoms with E-state index < -0.39 is 5.97 Å². The van der Waals surface area contributed by atoms with Crippen LogP contribution < -0.4 is 0 Å². The van der Waals surface area contributed by atoms with Crippen molar-refractivity contribution in [3.05, 3.63) is 35.1 Å². The van der Waals surface area contributed by atoms with Crippen LogP contribution in [0.15, 0.2) is 18.2 Å². The van der Waals surface area contributed by atoms with E-state index in [1.165, 1.54) is 18.2 Å². The summed E-state index contributed by atoms with van der Waals surface area (Å²) < 4.78 is 18.5. The first-order chi connectivity index (χ1) is 9.60. The number of aromatic carboxylic acids is 1. The van der Waals surface area contributed by atoms with E-state index in [1.54, 1.807) is 7.11 Å². The maximum absolute atomic E-state index is 13.3. The summed E-state index contributed by atoms with van der Waals surface area (Å²) in [5.41, 5.74) is 0.730. The predicted molar refractivity (Wildman–Crippen MR) is 73.2 cm³/mol. The zero-order valence-corrected chi connectivity index (χ0v) is 11.6. The van der Waals surface area contributed by atoms with E-state index in [0.717, 1.165) is 32.5 Å². The Balaban J connectivity index is 2.00. The van der Waals surface area contributed by atoms with Crippen molar-refractivity contribution in [3.8, 4) is 0 Å². The topological polar surface area (TPSA) is 49.8 Å².